The summed E-state index contributed by atoms with van der Waals surface area (Å²) in [5.74, 6) is 0.124. The molecule has 1 N–H and O–H groups in total. The summed E-state index contributed by atoms with van der Waals surface area (Å²) in [5.41, 5.74) is 0. The fourth-order valence-electron chi connectivity index (χ4n) is 1.67. The summed E-state index contributed by atoms with van der Waals surface area (Å²) in [6.07, 6.45) is 1.06. The van der Waals surface area contributed by atoms with Gasteiger partial charge in [0.25, 0.3) is 0 Å². The number of carbonyl (C=O) groups excluding carboxylic acids is 1. The minimum atomic E-state index is -0.134. The van der Waals surface area contributed by atoms with Crippen molar-refractivity contribution in [1.82, 2.24) is 5.32 Å². The first-order valence-corrected chi connectivity index (χ1v) is 6.13. The number of hydrogen-bond acceptors (Lipinski definition) is 4. The van der Waals surface area contributed by atoms with Gasteiger partial charge < -0.3 is 14.8 Å². The molecule has 1 rings (SSSR count). The zero-order chi connectivity index (χ0) is 12.0. The molecule has 0 aromatic heterocycles. The molecule has 1 aliphatic rings. The molecule has 0 aromatic carbocycles. The quantitative estimate of drug-likeness (QED) is 0.695. The van der Waals surface area contributed by atoms with Crippen LogP contribution >= 0.6 is 0 Å². The van der Waals surface area contributed by atoms with Crippen LogP contribution in [0.2, 0.25) is 0 Å². The van der Waals surface area contributed by atoms with Gasteiger partial charge in [-0.05, 0) is 18.9 Å². The molecule has 0 aromatic rings. The number of rotatable bonds is 6. The molecule has 4 heteroatoms. The second kappa shape index (κ2) is 6.86. The predicted octanol–water partition coefficient (Wildman–Crippen LogP) is 1.20. The number of nitrogens with one attached hydrogen (secondary N) is 1. The topological polar surface area (TPSA) is 47.6 Å². The lowest BCUT2D eigenvalue weighted by molar-refractivity contribution is -0.150. The van der Waals surface area contributed by atoms with Gasteiger partial charge in [-0.2, -0.15) is 0 Å². The SMILES string of the molecule is CCCNC1COCC1C(=O)OCC(C)C. The highest BCUT2D eigenvalue weighted by molar-refractivity contribution is 5.73. The maximum atomic E-state index is 11.8. The van der Waals surface area contributed by atoms with Crippen molar-refractivity contribution in [3.8, 4) is 0 Å². The molecule has 0 aliphatic carbocycles. The van der Waals surface area contributed by atoms with E-state index in [1.165, 1.54) is 0 Å². The summed E-state index contributed by atoms with van der Waals surface area (Å²) < 4.78 is 10.6. The van der Waals surface area contributed by atoms with Crippen LogP contribution in [-0.2, 0) is 14.3 Å². The maximum Gasteiger partial charge on any atom is 0.312 e. The third-order valence-corrected chi connectivity index (χ3v) is 2.60. The molecule has 4 nitrogen and oxygen atoms in total. The van der Waals surface area contributed by atoms with Crippen molar-refractivity contribution in [3.05, 3.63) is 0 Å². The Hall–Kier alpha value is -0.610. The Morgan fingerprint density at radius 2 is 2.25 bits per heavy atom. The molecule has 0 saturated carbocycles. The summed E-state index contributed by atoms with van der Waals surface area (Å²) in [7, 11) is 0. The molecule has 1 fully saturated rings. The average molecular weight is 229 g/mol. The monoisotopic (exact) mass is 229 g/mol. The van der Waals surface area contributed by atoms with Crippen molar-refractivity contribution in [2.24, 2.45) is 11.8 Å². The molecule has 2 atom stereocenters. The molecule has 1 aliphatic heterocycles. The lowest BCUT2D eigenvalue weighted by Gasteiger charge is -2.18. The van der Waals surface area contributed by atoms with Gasteiger partial charge in [0.2, 0.25) is 0 Å². The highest BCUT2D eigenvalue weighted by atomic mass is 16.5. The third-order valence-electron chi connectivity index (χ3n) is 2.60. The Bertz CT molecular complexity index is 218. The zero-order valence-electron chi connectivity index (χ0n) is 10.5. The molecular weight excluding hydrogens is 206 g/mol. The molecule has 94 valence electrons. The van der Waals surface area contributed by atoms with Gasteiger partial charge in [0, 0.05) is 6.04 Å². The molecule has 2 unspecified atom stereocenters. The molecule has 0 spiro atoms. The van der Waals surface area contributed by atoms with Crippen molar-refractivity contribution >= 4 is 5.97 Å². The van der Waals surface area contributed by atoms with Crippen molar-refractivity contribution in [3.63, 3.8) is 0 Å². The van der Waals surface area contributed by atoms with E-state index >= 15 is 0 Å². The highest BCUT2D eigenvalue weighted by Gasteiger charge is 2.34. The maximum absolute atomic E-state index is 11.8. The number of hydrogen-bond donors (Lipinski definition) is 1. The number of carbonyl (C=O) groups is 1. The molecule has 16 heavy (non-hydrogen) atoms. The van der Waals surface area contributed by atoms with Crippen molar-refractivity contribution in [2.45, 2.75) is 33.2 Å². The average Bonchev–Trinajstić information content (AvgIpc) is 2.71. The Labute approximate surface area is 97.7 Å². The lowest BCUT2D eigenvalue weighted by atomic mass is 10.0. The normalized spacial score (nSPS) is 25.0. The first-order valence-electron chi connectivity index (χ1n) is 6.13. The second-order valence-electron chi connectivity index (χ2n) is 4.73. The smallest absolute Gasteiger partial charge is 0.312 e. The minimum Gasteiger partial charge on any atom is -0.465 e. The fourth-order valence-corrected chi connectivity index (χ4v) is 1.67. The Morgan fingerprint density at radius 1 is 1.50 bits per heavy atom. The summed E-state index contributed by atoms with van der Waals surface area (Å²) >= 11 is 0. The largest absolute Gasteiger partial charge is 0.465 e. The summed E-state index contributed by atoms with van der Waals surface area (Å²) in [6, 6.07) is 0.125. The van der Waals surface area contributed by atoms with E-state index < -0.39 is 0 Å². The molecule has 1 saturated heterocycles. The molecule has 0 bridgehead atoms. The van der Waals surface area contributed by atoms with Crippen molar-refractivity contribution in [1.29, 1.82) is 0 Å². The van der Waals surface area contributed by atoms with E-state index in [9.17, 15) is 4.79 Å². The Kier molecular flexibility index (Phi) is 5.77. The Morgan fingerprint density at radius 3 is 2.88 bits per heavy atom. The Balaban J connectivity index is 2.35. The standard InChI is InChI=1S/C12H23NO3/c1-4-5-13-11-8-15-7-10(11)12(14)16-6-9(2)3/h9-11,13H,4-8H2,1-3H3. The lowest BCUT2D eigenvalue weighted by Crippen LogP contribution is -2.40. The van der Waals surface area contributed by atoms with Gasteiger partial charge in [-0.3, -0.25) is 4.79 Å². The van der Waals surface area contributed by atoms with Gasteiger partial charge in [0.15, 0.2) is 0 Å². The molecule has 0 radical (unpaired) electrons. The van der Waals surface area contributed by atoms with Gasteiger partial charge in [0.05, 0.1) is 25.7 Å². The van der Waals surface area contributed by atoms with Gasteiger partial charge in [-0.15, -0.1) is 0 Å². The second-order valence-corrected chi connectivity index (χ2v) is 4.73. The zero-order valence-corrected chi connectivity index (χ0v) is 10.5. The van der Waals surface area contributed by atoms with Crippen LogP contribution in [-0.4, -0.2) is 38.4 Å². The number of ether oxygens (including phenoxy) is 2. The van der Waals surface area contributed by atoms with Crippen LogP contribution < -0.4 is 5.32 Å². The first kappa shape index (κ1) is 13.5. The third kappa shape index (κ3) is 4.10. The van der Waals surface area contributed by atoms with E-state index in [4.69, 9.17) is 9.47 Å². The van der Waals surface area contributed by atoms with Crippen LogP contribution in [0.1, 0.15) is 27.2 Å². The van der Waals surface area contributed by atoms with Crippen LogP contribution in [0.4, 0.5) is 0 Å². The fraction of sp³-hybridized carbons (Fsp3) is 0.917. The molecular formula is C12H23NO3. The van der Waals surface area contributed by atoms with E-state index in [2.05, 4.69) is 12.2 Å². The van der Waals surface area contributed by atoms with Crippen LogP contribution in [0.3, 0.4) is 0 Å². The van der Waals surface area contributed by atoms with E-state index in [1.807, 2.05) is 13.8 Å². The van der Waals surface area contributed by atoms with E-state index in [-0.39, 0.29) is 17.9 Å². The van der Waals surface area contributed by atoms with Crippen LogP contribution in [0.5, 0.6) is 0 Å². The molecule has 1 heterocycles. The minimum absolute atomic E-state index is 0.125. The summed E-state index contributed by atoms with van der Waals surface area (Å²) in [5, 5.41) is 3.32. The summed E-state index contributed by atoms with van der Waals surface area (Å²) in [6.45, 7) is 8.68. The van der Waals surface area contributed by atoms with Crippen molar-refractivity contribution in [2.75, 3.05) is 26.4 Å². The van der Waals surface area contributed by atoms with Gasteiger partial charge in [-0.25, -0.2) is 0 Å². The van der Waals surface area contributed by atoms with Crippen LogP contribution in [0.15, 0.2) is 0 Å². The van der Waals surface area contributed by atoms with Gasteiger partial charge in [0.1, 0.15) is 0 Å². The summed E-state index contributed by atoms with van der Waals surface area (Å²) in [4.78, 5) is 11.8. The van der Waals surface area contributed by atoms with Gasteiger partial charge in [-0.1, -0.05) is 20.8 Å². The van der Waals surface area contributed by atoms with Gasteiger partial charge >= 0.3 is 5.97 Å². The van der Waals surface area contributed by atoms with Crippen LogP contribution in [0, 0.1) is 11.8 Å². The predicted molar refractivity (Wildman–Crippen MR) is 62.2 cm³/mol. The van der Waals surface area contributed by atoms with E-state index in [0.717, 1.165) is 13.0 Å². The van der Waals surface area contributed by atoms with Crippen molar-refractivity contribution < 1.29 is 14.3 Å². The molecule has 0 amide bonds. The highest BCUT2D eigenvalue weighted by Crippen LogP contribution is 2.16. The van der Waals surface area contributed by atoms with Crippen LogP contribution in [0.25, 0.3) is 0 Å². The van der Waals surface area contributed by atoms with E-state index in [0.29, 0.717) is 25.7 Å². The number of esters is 1. The first-order chi connectivity index (χ1) is 7.65. The van der Waals surface area contributed by atoms with E-state index in [1.54, 1.807) is 0 Å².